The van der Waals surface area contributed by atoms with E-state index in [1.807, 2.05) is 36.4 Å². The van der Waals surface area contributed by atoms with E-state index in [2.05, 4.69) is 15.0 Å². The van der Waals surface area contributed by atoms with Crippen LogP contribution in [0.2, 0.25) is 0 Å². The highest BCUT2D eigenvalue weighted by atomic mass is 16.6. The summed E-state index contributed by atoms with van der Waals surface area (Å²) in [6.07, 6.45) is 7.96. The lowest BCUT2D eigenvalue weighted by molar-refractivity contribution is -0.385. The van der Waals surface area contributed by atoms with Crippen LogP contribution in [0.5, 0.6) is 5.88 Å². The number of nitrogens with zero attached hydrogens (tertiary/aromatic N) is 5. The average Bonchev–Trinajstić information content (AvgIpc) is 2.79. The van der Waals surface area contributed by atoms with Gasteiger partial charge >= 0.3 is 5.69 Å². The third kappa shape index (κ3) is 4.53. The topological polar surface area (TPSA) is 94.3 Å². The second-order valence-corrected chi connectivity index (χ2v) is 7.25. The van der Waals surface area contributed by atoms with Crippen LogP contribution in [0.15, 0.2) is 61.1 Å². The van der Waals surface area contributed by atoms with Crippen LogP contribution in [0, 0.1) is 10.1 Å². The molecule has 0 saturated heterocycles. The first-order chi connectivity index (χ1) is 14.7. The van der Waals surface area contributed by atoms with Crippen LogP contribution in [-0.4, -0.2) is 26.0 Å². The van der Waals surface area contributed by atoms with Gasteiger partial charge in [-0.25, -0.2) is 9.97 Å². The minimum Gasteiger partial charge on any atom is -0.469 e. The fourth-order valence-electron chi connectivity index (χ4n) is 3.68. The van der Waals surface area contributed by atoms with Crippen molar-refractivity contribution in [3.8, 4) is 5.88 Å². The Bertz CT molecular complexity index is 979. The summed E-state index contributed by atoms with van der Waals surface area (Å²) in [4.78, 5) is 26.1. The highest BCUT2D eigenvalue weighted by Gasteiger charge is 2.31. The zero-order valence-corrected chi connectivity index (χ0v) is 16.6. The maximum atomic E-state index is 12.1. The molecule has 0 N–H and O–H groups in total. The van der Waals surface area contributed by atoms with Gasteiger partial charge in [-0.1, -0.05) is 42.8 Å². The lowest BCUT2D eigenvalue weighted by Gasteiger charge is -2.25. The summed E-state index contributed by atoms with van der Waals surface area (Å²) in [5.74, 6) is 0.751. The minimum absolute atomic E-state index is 0.0193. The molecule has 8 heteroatoms. The molecular weight excluding hydrogens is 382 g/mol. The van der Waals surface area contributed by atoms with Crippen molar-refractivity contribution in [3.63, 3.8) is 0 Å². The maximum absolute atomic E-state index is 12.1. The molecule has 0 radical (unpaired) electrons. The van der Waals surface area contributed by atoms with Crippen molar-refractivity contribution in [2.24, 2.45) is 0 Å². The molecule has 1 saturated carbocycles. The van der Waals surface area contributed by atoms with Crippen molar-refractivity contribution in [2.75, 3.05) is 4.90 Å². The van der Waals surface area contributed by atoms with Gasteiger partial charge in [-0.15, -0.1) is 0 Å². The second kappa shape index (κ2) is 9.30. The molecule has 2 aromatic heterocycles. The predicted molar refractivity (Wildman–Crippen MR) is 113 cm³/mol. The number of pyridine rings is 1. The van der Waals surface area contributed by atoms with E-state index in [0.29, 0.717) is 12.4 Å². The highest BCUT2D eigenvalue weighted by Crippen LogP contribution is 2.38. The predicted octanol–water partition coefficient (Wildman–Crippen LogP) is 4.83. The van der Waals surface area contributed by atoms with Gasteiger partial charge in [-0.3, -0.25) is 10.1 Å². The van der Waals surface area contributed by atoms with E-state index in [1.54, 1.807) is 23.2 Å². The molecule has 0 bridgehead atoms. The summed E-state index contributed by atoms with van der Waals surface area (Å²) in [5.41, 5.74) is 0.746. The molecule has 0 unspecified atom stereocenters. The molecule has 154 valence electrons. The number of benzene rings is 1. The van der Waals surface area contributed by atoms with E-state index >= 15 is 0 Å². The number of hydrogen-bond donors (Lipinski definition) is 0. The Hall–Kier alpha value is -3.55. The van der Waals surface area contributed by atoms with Gasteiger partial charge in [0.15, 0.2) is 0 Å². The van der Waals surface area contributed by atoms with Gasteiger partial charge in [-0.05, 0) is 43.4 Å². The molecule has 1 aromatic carbocycles. The molecule has 0 atom stereocenters. The van der Waals surface area contributed by atoms with Crippen molar-refractivity contribution in [2.45, 2.75) is 44.8 Å². The maximum Gasteiger partial charge on any atom is 0.373 e. The van der Waals surface area contributed by atoms with Crippen molar-refractivity contribution in [3.05, 3.63) is 76.7 Å². The molecule has 1 aliphatic rings. The van der Waals surface area contributed by atoms with Crippen LogP contribution >= 0.6 is 0 Å². The monoisotopic (exact) mass is 405 g/mol. The first kappa shape index (κ1) is 19.8. The lowest BCUT2D eigenvalue weighted by Crippen LogP contribution is -2.23. The molecule has 1 aliphatic carbocycles. The van der Waals surface area contributed by atoms with E-state index in [4.69, 9.17) is 4.74 Å². The van der Waals surface area contributed by atoms with Crippen LogP contribution in [0.25, 0.3) is 0 Å². The molecule has 0 spiro atoms. The van der Waals surface area contributed by atoms with Crippen LogP contribution in [0.4, 0.5) is 17.3 Å². The molecule has 0 aliphatic heterocycles. The Morgan fingerprint density at radius 2 is 1.77 bits per heavy atom. The zero-order chi connectivity index (χ0) is 20.8. The summed E-state index contributed by atoms with van der Waals surface area (Å²) in [6.45, 7) is 0.374. The molecule has 0 amide bonds. The molecule has 2 heterocycles. The Labute approximate surface area is 174 Å². The summed E-state index contributed by atoms with van der Waals surface area (Å²) in [5, 5.41) is 12.1. The minimum atomic E-state index is -0.464. The normalized spacial score (nSPS) is 14.3. The Morgan fingerprint density at radius 1 is 1.00 bits per heavy atom. The van der Waals surface area contributed by atoms with Crippen molar-refractivity contribution in [1.29, 1.82) is 0 Å². The summed E-state index contributed by atoms with van der Waals surface area (Å²) in [6, 6.07) is 15.2. The number of hydrogen-bond acceptors (Lipinski definition) is 7. The van der Waals surface area contributed by atoms with Crippen molar-refractivity contribution < 1.29 is 9.66 Å². The Balaban J connectivity index is 1.75. The van der Waals surface area contributed by atoms with Crippen LogP contribution in [0.3, 0.4) is 0 Å². The fourth-order valence-corrected chi connectivity index (χ4v) is 3.68. The lowest BCUT2D eigenvalue weighted by atomic mass is 9.98. The number of rotatable bonds is 7. The Kier molecular flexibility index (Phi) is 6.12. The van der Waals surface area contributed by atoms with Gasteiger partial charge in [-0.2, -0.15) is 4.98 Å². The van der Waals surface area contributed by atoms with Gasteiger partial charge in [0.1, 0.15) is 18.2 Å². The van der Waals surface area contributed by atoms with Gasteiger partial charge in [0.05, 0.1) is 11.5 Å². The molecule has 1 fully saturated rings. The number of anilines is 2. The second-order valence-electron chi connectivity index (χ2n) is 7.25. The molecule has 30 heavy (non-hydrogen) atoms. The quantitative estimate of drug-likeness (QED) is 0.410. The molecule has 8 nitrogen and oxygen atoms in total. The van der Waals surface area contributed by atoms with Gasteiger partial charge in [0.25, 0.3) is 5.88 Å². The third-order valence-corrected chi connectivity index (χ3v) is 5.15. The van der Waals surface area contributed by atoms with Crippen molar-refractivity contribution >= 4 is 17.3 Å². The first-order valence-corrected chi connectivity index (χ1v) is 10.1. The van der Waals surface area contributed by atoms with E-state index in [0.717, 1.165) is 31.2 Å². The summed E-state index contributed by atoms with van der Waals surface area (Å²) >= 11 is 0. The highest BCUT2D eigenvalue weighted by molar-refractivity contribution is 5.69. The van der Waals surface area contributed by atoms with Gasteiger partial charge in [0, 0.05) is 6.20 Å². The van der Waals surface area contributed by atoms with Crippen LogP contribution in [0.1, 0.15) is 37.7 Å². The third-order valence-electron chi connectivity index (χ3n) is 5.15. The number of nitro groups is 1. The first-order valence-electron chi connectivity index (χ1n) is 10.1. The van der Waals surface area contributed by atoms with E-state index in [1.165, 1.54) is 12.7 Å². The van der Waals surface area contributed by atoms with Crippen LogP contribution < -0.4 is 9.64 Å². The van der Waals surface area contributed by atoms with Gasteiger partial charge < -0.3 is 9.64 Å². The smallest absolute Gasteiger partial charge is 0.373 e. The standard InChI is InChI=1S/C22H23N5O3/c28-27(29)20-21(24-16-25-22(20)30-18-11-5-2-6-12-18)26(19-13-7-8-14-23-19)15-17-9-3-1-4-10-17/h1,3-4,7-10,13-14,16,18H,2,5-6,11-12,15H2. The largest absolute Gasteiger partial charge is 0.469 e. The number of ether oxygens (including phenoxy) is 1. The van der Waals surface area contributed by atoms with E-state index in [-0.39, 0.29) is 23.5 Å². The average molecular weight is 405 g/mol. The summed E-state index contributed by atoms with van der Waals surface area (Å²) < 4.78 is 5.98. The van der Waals surface area contributed by atoms with Crippen molar-refractivity contribution in [1.82, 2.24) is 15.0 Å². The zero-order valence-electron chi connectivity index (χ0n) is 16.6. The summed E-state index contributed by atoms with van der Waals surface area (Å²) in [7, 11) is 0. The fraction of sp³-hybridized carbons (Fsp3) is 0.318. The number of aromatic nitrogens is 3. The van der Waals surface area contributed by atoms with Crippen LogP contribution in [-0.2, 0) is 6.54 Å². The van der Waals surface area contributed by atoms with E-state index in [9.17, 15) is 10.1 Å². The van der Waals surface area contributed by atoms with E-state index < -0.39 is 4.92 Å². The molecule has 4 rings (SSSR count). The SMILES string of the molecule is O=[N+]([O-])c1c(OC2CCCCC2)ncnc1N(Cc1ccccc1)c1ccccn1. The molecular formula is C22H23N5O3. The van der Waals surface area contributed by atoms with Gasteiger partial charge in [0.2, 0.25) is 5.82 Å². The Morgan fingerprint density at radius 3 is 2.47 bits per heavy atom. The molecule has 3 aromatic rings.